The van der Waals surface area contributed by atoms with E-state index in [0.29, 0.717) is 6.61 Å². The summed E-state index contributed by atoms with van der Waals surface area (Å²) in [4.78, 5) is 11.4. The van der Waals surface area contributed by atoms with E-state index in [0.717, 1.165) is 19.5 Å². The first-order valence-electron chi connectivity index (χ1n) is 4.74. The van der Waals surface area contributed by atoms with Crippen molar-refractivity contribution >= 4 is 5.91 Å². The number of methoxy groups -OCH3 is 1. The first-order chi connectivity index (χ1) is 6.24. The fourth-order valence-electron chi connectivity index (χ4n) is 1.20. The van der Waals surface area contributed by atoms with Gasteiger partial charge in [0.2, 0.25) is 5.91 Å². The molecule has 2 N–H and O–H groups in total. The van der Waals surface area contributed by atoms with Crippen molar-refractivity contribution in [2.24, 2.45) is 5.92 Å². The number of amides is 1. The highest BCUT2D eigenvalue weighted by Crippen LogP contribution is 2.03. The Balaban J connectivity index is 2.11. The highest BCUT2D eigenvalue weighted by atomic mass is 16.5. The van der Waals surface area contributed by atoms with Crippen LogP contribution in [0.4, 0.5) is 0 Å². The first kappa shape index (κ1) is 10.5. The molecule has 0 saturated carbocycles. The maximum atomic E-state index is 11.4. The van der Waals surface area contributed by atoms with E-state index in [-0.39, 0.29) is 17.9 Å². The van der Waals surface area contributed by atoms with Gasteiger partial charge in [-0.05, 0) is 13.3 Å². The van der Waals surface area contributed by atoms with Crippen molar-refractivity contribution in [2.45, 2.75) is 19.4 Å². The smallest absolute Gasteiger partial charge is 0.225 e. The molecular formula is C9H18N2O2. The van der Waals surface area contributed by atoms with E-state index in [1.807, 2.05) is 6.92 Å². The van der Waals surface area contributed by atoms with Crippen LogP contribution in [0.25, 0.3) is 0 Å². The fraction of sp³-hybridized carbons (Fsp3) is 0.889. The molecule has 0 aromatic heterocycles. The van der Waals surface area contributed by atoms with Crippen molar-refractivity contribution in [1.29, 1.82) is 0 Å². The molecule has 1 unspecified atom stereocenters. The quantitative estimate of drug-likeness (QED) is 0.622. The molecule has 1 atom stereocenters. The van der Waals surface area contributed by atoms with E-state index in [2.05, 4.69) is 10.6 Å². The molecule has 4 heteroatoms. The molecule has 13 heavy (non-hydrogen) atoms. The molecule has 0 aromatic rings. The second kappa shape index (κ2) is 5.19. The molecule has 1 amide bonds. The number of nitrogens with one attached hydrogen (secondary N) is 2. The van der Waals surface area contributed by atoms with Crippen LogP contribution in [0.15, 0.2) is 0 Å². The first-order valence-corrected chi connectivity index (χ1v) is 4.74. The maximum absolute atomic E-state index is 11.4. The van der Waals surface area contributed by atoms with Gasteiger partial charge in [-0.2, -0.15) is 0 Å². The molecule has 1 heterocycles. The van der Waals surface area contributed by atoms with Crippen LogP contribution >= 0.6 is 0 Å². The monoisotopic (exact) mass is 186 g/mol. The summed E-state index contributed by atoms with van der Waals surface area (Å²) in [5, 5.41) is 6.03. The van der Waals surface area contributed by atoms with E-state index >= 15 is 0 Å². The van der Waals surface area contributed by atoms with E-state index < -0.39 is 0 Å². The zero-order valence-corrected chi connectivity index (χ0v) is 8.30. The van der Waals surface area contributed by atoms with Gasteiger partial charge < -0.3 is 15.4 Å². The molecular weight excluding hydrogens is 168 g/mol. The number of carbonyl (C=O) groups is 1. The lowest BCUT2D eigenvalue weighted by molar-refractivity contribution is -0.127. The Morgan fingerprint density at radius 1 is 1.69 bits per heavy atom. The van der Waals surface area contributed by atoms with Crippen LogP contribution in [0, 0.1) is 5.92 Å². The summed E-state index contributed by atoms with van der Waals surface area (Å²) in [5.74, 6) is 0.354. The van der Waals surface area contributed by atoms with Crippen LogP contribution in [0.5, 0.6) is 0 Å². The number of ether oxygens (including phenoxy) is 1. The minimum absolute atomic E-state index is 0.169. The Morgan fingerprint density at radius 2 is 2.38 bits per heavy atom. The Bertz CT molecular complexity index is 169. The summed E-state index contributed by atoms with van der Waals surface area (Å²) in [6.07, 6.45) is 0.877. The zero-order valence-electron chi connectivity index (χ0n) is 8.30. The van der Waals surface area contributed by atoms with Crippen LogP contribution in [-0.2, 0) is 9.53 Å². The summed E-state index contributed by atoms with van der Waals surface area (Å²) in [6.45, 7) is 4.35. The van der Waals surface area contributed by atoms with Gasteiger partial charge in [0.25, 0.3) is 0 Å². The molecule has 0 aromatic carbocycles. The normalized spacial score (nSPS) is 19.2. The number of hydrogen-bond donors (Lipinski definition) is 2. The van der Waals surface area contributed by atoms with Gasteiger partial charge in [0.15, 0.2) is 0 Å². The third-order valence-electron chi connectivity index (χ3n) is 2.30. The molecule has 1 rings (SSSR count). The van der Waals surface area contributed by atoms with Gasteiger partial charge in [-0.1, -0.05) is 0 Å². The highest BCUT2D eigenvalue weighted by Gasteiger charge is 2.25. The topological polar surface area (TPSA) is 50.4 Å². The van der Waals surface area contributed by atoms with Crippen LogP contribution in [0.2, 0.25) is 0 Å². The standard InChI is InChI=1S/C9H18N2O2/c1-7(3-4-13-2)11-9(12)8-5-10-6-8/h7-8,10H,3-6H2,1-2H3,(H,11,12). The lowest BCUT2D eigenvalue weighted by Crippen LogP contribution is -2.52. The second-order valence-electron chi connectivity index (χ2n) is 3.55. The Morgan fingerprint density at radius 3 is 2.85 bits per heavy atom. The number of hydrogen-bond acceptors (Lipinski definition) is 3. The molecule has 1 saturated heterocycles. The lowest BCUT2D eigenvalue weighted by Gasteiger charge is -2.27. The molecule has 1 aliphatic heterocycles. The summed E-state index contributed by atoms with van der Waals surface area (Å²) >= 11 is 0. The molecule has 0 aliphatic carbocycles. The number of carbonyl (C=O) groups excluding carboxylic acids is 1. The van der Waals surface area contributed by atoms with Gasteiger partial charge in [0, 0.05) is 32.8 Å². The van der Waals surface area contributed by atoms with Crippen LogP contribution in [0.3, 0.4) is 0 Å². The minimum Gasteiger partial charge on any atom is -0.385 e. The SMILES string of the molecule is COCCC(C)NC(=O)C1CNC1. The van der Waals surface area contributed by atoms with E-state index in [1.165, 1.54) is 0 Å². The van der Waals surface area contributed by atoms with E-state index in [1.54, 1.807) is 7.11 Å². The van der Waals surface area contributed by atoms with Crippen molar-refractivity contribution < 1.29 is 9.53 Å². The summed E-state index contributed by atoms with van der Waals surface area (Å²) < 4.78 is 4.93. The number of rotatable bonds is 5. The van der Waals surface area contributed by atoms with Crippen LogP contribution in [-0.4, -0.2) is 38.8 Å². The summed E-state index contributed by atoms with van der Waals surface area (Å²) in [5.41, 5.74) is 0. The van der Waals surface area contributed by atoms with Gasteiger partial charge in [-0.15, -0.1) is 0 Å². The lowest BCUT2D eigenvalue weighted by atomic mass is 10.0. The molecule has 76 valence electrons. The summed E-state index contributed by atoms with van der Waals surface area (Å²) in [7, 11) is 1.67. The average molecular weight is 186 g/mol. The van der Waals surface area contributed by atoms with Crippen molar-refractivity contribution in [3.63, 3.8) is 0 Å². The van der Waals surface area contributed by atoms with E-state index in [4.69, 9.17) is 4.74 Å². The zero-order chi connectivity index (χ0) is 9.68. The van der Waals surface area contributed by atoms with Crippen LogP contribution < -0.4 is 10.6 Å². The average Bonchev–Trinajstić information content (AvgIpc) is 1.97. The van der Waals surface area contributed by atoms with Gasteiger partial charge in [0.1, 0.15) is 0 Å². The van der Waals surface area contributed by atoms with E-state index in [9.17, 15) is 4.79 Å². The maximum Gasteiger partial charge on any atom is 0.225 e. The van der Waals surface area contributed by atoms with Gasteiger partial charge in [-0.25, -0.2) is 0 Å². The van der Waals surface area contributed by atoms with Crippen molar-refractivity contribution in [2.75, 3.05) is 26.8 Å². The Labute approximate surface area is 79.0 Å². The largest absolute Gasteiger partial charge is 0.385 e. The van der Waals surface area contributed by atoms with Gasteiger partial charge in [0.05, 0.1) is 5.92 Å². The molecule has 1 fully saturated rings. The third-order valence-corrected chi connectivity index (χ3v) is 2.30. The van der Waals surface area contributed by atoms with Crippen molar-refractivity contribution in [3.8, 4) is 0 Å². The minimum atomic E-state index is 0.169. The van der Waals surface area contributed by atoms with Gasteiger partial charge in [-0.3, -0.25) is 4.79 Å². The van der Waals surface area contributed by atoms with Crippen LogP contribution in [0.1, 0.15) is 13.3 Å². The van der Waals surface area contributed by atoms with Gasteiger partial charge >= 0.3 is 0 Å². The second-order valence-corrected chi connectivity index (χ2v) is 3.55. The van der Waals surface area contributed by atoms with Crippen molar-refractivity contribution in [1.82, 2.24) is 10.6 Å². The molecule has 0 spiro atoms. The Hall–Kier alpha value is -0.610. The fourth-order valence-corrected chi connectivity index (χ4v) is 1.20. The highest BCUT2D eigenvalue weighted by molar-refractivity contribution is 5.80. The predicted molar refractivity (Wildman–Crippen MR) is 50.5 cm³/mol. The molecule has 4 nitrogen and oxygen atoms in total. The van der Waals surface area contributed by atoms with Crippen molar-refractivity contribution in [3.05, 3.63) is 0 Å². The Kier molecular flexibility index (Phi) is 4.18. The third kappa shape index (κ3) is 3.32. The molecule has 0 bridgehead atoms. The molecule has 0 radical (unpaired) electrons. The molecule has 1 aliphatic rings. The summed E-state index contributed by atoms with van der Waals surface area (Å²) in [6, 6.07) is 0.216. The predicted octanol–water partition coefficient (Wildman–Crippen LogP) is -0.253.